The van der Waals surface area contributed by atoms with Crippen molar-refractivity contribution in [1.82, 2.24) is 96.5 Å². The van der Waals surface area contributed by atoms with Gasteiger partial charge in [0, 0.05) is 198 Å². The predicted molar refractivity (Wildman–Crippen MR) is 466 cm³/mol. The molecule has 0 atom stereocenters. The van der Waals surface area contributed by atoms with Crippen LogP contribution in [0.15, 0.2) is 157 Å². The molecule has 29 heteroatoms. The summed E-state index contributed by atoms with van der Waals surface area (Å²) >= 11 is 1.59. The van der Waals surface area contributed by atoms with Crippen LogP contribution in [0.3, 0.4) is 0 Å². The third-order valence-corrected chi connectivity index (χ3v) is 28.8. The van der Waals surface area contributed by atoms with E-state index in [2.05, 4.69) is 75.6 Å². The minimum atomic E-state index is -3.58. The molecule has 6 aliphatic carbocycles. The van der Waals surface area contributed by atoms with Gasteiger partial charge in [-0.15, -0.1) is 11.3 Å². The lowest BCUT2D eigenvalue weighted by atomic mass is 9.95. The van der Waals surface area contributed by atoms with Gasteiger partial charge in [-0.25, -0.2) is 22.7 Å². The topological polar surface area (TPSA) is 280 Å². The first-order valence-corrected chi connectivity index (χ1v) is 45.4. The van der Waals surface area contributed by atoms with Crippen LogP contribution >= 0.6 is 11.3 Å². The molecule has 0 unspecified atom stereocenters. The number of thiazole rings is 1. The molecule has 122 heavy (non-hydrogen) atoms. The minimum Gasteiger partial charge on any atom is -0.333 e. The Hall–Kier alpha value is -12.2. The van der Waals surface area contributed by atoms with Crippen molar-refractivity contribution in [2.24, 2.45) is 0 Å². The lowest BCUT2D eigenvalue weighted by molar-refractivity contribution is 0.0683. The van der Waals surface area contributed by atoms with Crippen LogP contribution in [0.25, 0.3) is 99.4 Å². The van der Waals surface area contributed by atoms with Gasteiger partial charge < -0.3 is 47.3 Å². The highest BCUT2D eigenvalue weighted by atomic mass is 32.2. The molecule has 0 spiro atoms. The number of aryl methyl sites for hydroxylation is 3. The fraction of sp³-hybridized carbons (Fsp3) is 0.376. The number of rotatable bonds is 12. The van der Waals surface area contributed by atoms with Crippen LogP contribution in [0.5, 0.6) is 0 Å². The molecule has 27 nitrogen and oxygen atoms in total. The van der Waals surface area contributed by atoms with E-state index in [9.17, 15) is 32.4 Å². The second-order valence-electron chi connectivity index (χ2n) is 34.2. The van der Waals surface area contributed by atoms with E-state index in [4.69, 9.17) is 0 Å². The van der Waals surface area contributed by atoms with E-state index < -0.39 is 10.0 Å². The number of hydrogen-bond acceptors (Lipinski definition) is 17. The largest absolute Gasteiger partial charge is 0.333 e. The van der Waals surface area contributed by atoms with Crippen molar-refractivity contribution in [3.8, 4) is 44.1 Å². The van der Waals surface area contributed by atoms with Crippen molar-refractivity contribution in [1.29, 1.82) is 0 Å². The van der Waals surface area contributed by atoms with E-state index in [1.54, 1.807) is 66.7 Å². The summed E-state index contributed by atoms with van der Waals surface area (Å²) in [5.74, 6) is 1.15. The van der Waals surface area contributed by atoms with Crippen molar-refractivity contribution < 1.29 is 32.4 Å². The number of fused-ring (bicyclic) bond motifs is 15. The summed E-state index contributed by atoms with van der Waals surface area (Å²) in [4.78, 5) is 117. The maximum atomic E-state index is 13.4. The molecule has 0 saturated heterocycles. The average molecular weight is 1670 g/mol. The van der Waals surface area contributed by atoms with Gasteiger partial charge in [0.2, 0.25) is 10.0 Å². The summed E-state index contributed by atoms with van der Waals surface area (Å²) in [6.07, 6.45) is 30.3. The number of sulfonamides is 1. The summed E-state index contributed by atoms with van der Waals surface area (Å²) in [6, 6.07) is 32.8. The van der Waals surface area contributed by atoms with Crippen LogP contribution in [-0.2, 0) is 42.7 Å². The number of pyridine rings is 6. The fourth-order valence-corrected chi connectivity index (χ4v) is 21.2. The van der Waals surface area contributed by atoms with Crippen LogP contribution in [0, 0.1) is 20.8 Å². The van der Waals surface area contributed by atoms with Crippen molar-refractivity contribution in [3.63, 3.8) is 0 Å². The Morgan fingerprint density at radius 1 is 0.377 bits per heavy atom. The zero-order valence-corrected chi connectivity index (χ0v) is 70.6. The molecule has 11 aliphatic rings. The van der Waals surface area contributed by atoms with Gasteiger partial charge in [-0.2, -0.15) is 0 Å². The first kappa shape index (κ1) is 77.1. The Labute approximate surface area is 709 Å². The molecule has 0 bridgehead atoms. The molecule has 25 rings (SSSR count). The zero-order chi connectivity index (χ0) is 83.1. The maximum Gasteiger partial charge on any atom is 0.271 e. The highest BCUT2D eigenvalue weighted by molar-refractivity contribution is 7.89. The molecule has 0 radical (unpaired) electrons. The molecule has 1 aromatic carbocycles. The lowest BCUT2D eigenvalue weighted by Gasteiger charge is -2.30. The second-order valence-corrected chi connectivity index (χ2v) is 37.2. The smallest absolute Gasteiger partial charge is 0.271 e. The van der Waals surface area contributed by atoms with E-state index in [1.165, 1.54) is 62.5 Å². The van der Waals surface area contributed by atoms with Crippen LogP contribution in [-0.4, -0.2) is 211 Å². The van der Waals surface area contributed by atoms with Gasteiger partial charge >= 0.3 is 0 Å². The number of carbonyl (C=O) groups excluding carboxylic acids is 5. The minimum absolute atomic E-state index is 0.00706. The monoisotopic (exact) mass is 1670 g/mol. The Morgan fingerprint density at radius 3 is 1.28 bits per heavy atom. The Morgan fingerprint density at radius 2 is 0.795 bits per heavy atom. The zero-order valence-electron chi connectivity index (χ0n) is 69.0. The van der Waals surface area contributed by atoms with Crippen LogP contribution in [0.1, 0.15) is 171 Å². The van der Waals surface area contributed by atoms with Gasteiger partial charge in [-0.3, -0.25) is 58.9 Å². The van der Waals surface area contributed by atoms with Gasteiger partial charge in [-0.05, 0) is 188 Å². The summed E-state index contributed by atoms with van der Waals surface area (Å²) in [7, 11) is -0.562. The van der Waals surface area contributed by atoms with Crippen molar-refractivity contribution in [2.75, 3.05) is 46.8 Å². The average Bonchev–Trinajstić information content (AvgIpc) is 1.60. The quantitative estimate of drug-likeness (QED) is 0.110. The Bertz CT molecular complexity index is 6710. The molecule has 620 valence electrons. The number of benzene rings is 1. The van der Waals surface area contributed by atoms with Gasteiger partial charge in [-0.1, -0.05) is 37.1 Å². The van der Waals surface area contributed by atoms with Gasteiger partial charge in [0.15, 0.2) is 5.65 Å². The molecule has 14 aromatic rings. The highest BCUT2D eigenvalue weighted by Crippen LogP contribution is 2.47. The number of aromatic nitrogens is 14. The second kappa shape index (κ2) is 30.7. The number of nitrogens with zero attached hydrogens (tertiary/aromatic N) is 20. The molecule has 6 fully saturated rings. The summed E-state index contributed by atoms with van der Waals surface area (Å²) < 4.78 is 37.1. The molecule has 5 amide bonds. The molecule has 0 N–H and O–H groups in total. The van der Waals surface area contributed by atoms with E-state index in [-0.39, 0.29) is 34.4 Å². The molecule has 13 aromatic heterocycles. The Kier molecular flexibility index (Phi) is 19.4. The standard InChI is InChI=1S/C21H22N4O3S.C19H18N4O.C18H17N5O.C18H21N3O.C17H16N4OS/c1-23(2)29(27,28)16-6-3-5-14(13-16)18-19-17(7-4-10-22-19)25-12-11-24(15-8-9-15)21(26)20(18)25;1-12-4-2-8-20-16(12)15-17-14(5-3-9-21-17)23-11-10-22(13-6-7-13)19(24)18(15)23;1-11-2-3-12(10-21-11)14-15-17(20-7-6-19-15)23-9-8-22(13-4-5-13)18(24)16(14)23;22-18-17-15(12-4-1-2-5-12)16-14(6-3-9-19-16)21(17)11-10-20(18)13-7-8-13;1-10-9-23-16(19-10)13-14-12(3-2-6-18-14)21-8-7-20(11-4-5-11)17(22)15(13)21/h3-7,10,13,15H,8-9,11-12H2,1-2H3;2-5,8-9,13H,6-7,10-11H2,1H3;2-3,6-7,10,13H,4-5,8-9H2,1H3;3,6,9,12-13H,1-2,4-5,7-8,10-11H2;2-3,6,9,11H,4-5,7-8H2,1H3. The van der Waals surface area contributed by atoms with Gasteiger partial charge in [0.25, 0.3) is 29.5 Å². The normalized spacial score (nSPS) is 18.3. The SMILES string of the molecule is CN(C)S(=O)(=O)c1cccc(-c2c3n(c4cccnc24)CCN(C2CC2)C3=O)c1.Cc1ccc(-c2c3n(c4nccnc24)CCN(C2CC2)C3=O)cn1.Cc1cccnc1-c1c2n(c3cccnc13)CCN(C1CC1)C2=O.Cc1csc(-c2c3n(c4cccnc24)CCN(C2CC2)C3=O)n1.O=C1c2c(C3CCCC3)c3ncccc3n2CCN1C1CC1. The maximum absolute atomic E-state index is 13.4. The fourth-order valence-electron chi connectivity index (χ4n) is 19.4. The first-order chi connectivity index (χ1) is 59.5. The molecule has 18 heterocycles. The van der Waals surface area contributed by atoms with E-state index >= 15 is 0 Å². The number of carbonyl (C=O) groups is 5. The third kappa shape index (κ3) is 13.5. The van der Waals surface area contributed by atoms with E-state index in [0.29, 0.717) is 65.2 Å². The van der Waals surface area contributed by atoms with Crippen LogP contribution < -0.4 is 0 Å². The van der Waals surface area contributed by atoms with Crippen molar-refractivity contribution >= 4 is 106 Å². The number of hydrogen-bond donors (Lipinski definition) is 0. The highest BCUT2D eigenvalue weighted by Gasteiger charge is 2.46. The molecule has 6 saturated carbocycles. The number of amides is 5. The van der Waals surface area contributed by atoms with Gasteiger partial charge in [0.1, 0.15) is 39.0 Å². The van der Waals surface area contributed by atoms with E-state index in [1.807, 2.05) is 134 Å². The molecule has 5 aliphatic heterocycles. The molecular weight excluding hydrogens is 1570 g/mol. The van der Waals surface area contributed by atoms with Crippen molar-refractivity contribution in [2.45, 2.75) is 184 Å². The summed E-state index contributed by atoms with van der Waals surface area (Å²) in [6.45, 7) is 13.9. The lowest BCUT2D eigenvalue weighted by Crippen LogP contribution is -2.42. The van der Waals surface area contributed by atoms with Crippen LogP contribution in [0.2, 0.25) is 0 Å². The molecular formula is C93H94N20O7S2. The Balaban J connectivity index is 0.0000000942. The van der Waals surface area contributed by atoms with Crippen molar-refractivity contribution in [3.05, 3.63) is 203 Å². The third-order valence-electron chi connectivity index (χ3n) is 26.0. The van der Waals surface area contributed by atoms with Gasteiger partial charge in [0.05, 0.1) is 65.8 Å². The van der Waals surface area contributed by atoms with Crippen LogP contribution in [0.4, 0.5) is 0 Å². The van der Waals surface area contributed by atoms with E-state index in [0.717, 1.165) is 233 Å². The first-order valence-electron chi connectivity index (χ1n) is 43.0. The summed E-state index contributed by atoms with van der Waals surface area (Å²) in [5.41, 5.74) is 23.2. The summed E-state index contributed by atoms with van der Waals surface area (Å²) in [5, 5.41) is 2.92. The predicted octanol–water partition coefficient (Wildman–Crippen LogP) is 14.4.